The average Bonchev–Trinajstić information content (AvgIpc) is 2.58. The first-order valence-electron chi connectivity index (χ1n) is 9.86. The second kappa shape index (κ2) is 7.15. The molecule has 1 fully saturated rings. The van der Waals surface area contributed by atoms with Gasteiger partial charge < -0.3 is 10.2 Å². The van der Waals surface area contributed by atoms with E-state index in [0.29, 0.717) is 21.9 Å². The topological polar surface area (TPSA) is 40.5 Å². The molecule has 3 rings (SSSR count). The molecule has 152 valence electrons. The first kappa shape index (κ1) is 21.3. The lowest BCUT2D eigenvalue weighted by molar-refractivity contribution is 0.0434. The van der Waals surface area contributed by atoms with Crippen molar-refractivity contribution < 1.29 is 10.2 Å². The summed E-state index contributed by atoms with van der Waals surface area (Å²) in [5.41, 5.74) is 3.78. The smallest absolute Gasteiger partial charge is 0.137 e. The van der Waals surface area contributed by atoms with E-state index < -0.39 is 0 Å². The second-order valence-corrected chi connectivity index (χ2v) is 10.6. The number of phenols is 2. The fourth-order valence-electron chi connectivity index (χ4n) is 4.97. The Bertz CT molecular complexity index is 808. The highest BCUT2D eigenvalue weighted by molar-refractivity contribution is 6.32. The van der Waals surface area contributed by atoms with Gasteiger partial charge in [-0.1, -0.05) is 63.0 Å². The van der Waals surface area contributed by atoms with Crippen LogP contribution in [0.25, 0.3) is 0 Å². The first-order chi connectivity index (χ1) is 12.9. The maximum Gasteiger partial charge on any atom is 0.137 e. The molecular weight excluding hydrogens is 391 g/mol. The van der Waals surface area contributed by atoms with Crippen molar-refractivity contribution in [1.82, 2.24) is 0 Å². The first-order valence-corrected chi connectivity index (χ1v) is 10.6. The summed E-state index contributed by atoms with van der Waals surface area (Å²) in [6.07, 6.45) is 2.14. The molecule has 2 aromatic rings. The number of phenolic OH excluding ortho intramolecular Hbond substituents is 2. The van der Waals surface area contributed by atoms with E-state index in [2.05, 4.69) is 27.7 Å². The maximum atomic E-state index is 10.2. The van der Waals surface area contributed by atoms with Gasteiger partial charge in [0.1, 0.15) is 11.5 Å². The van der Waals surface area contributed by atoms with Gasteiger partial charge in [-0.25, -0.2) is 0 Å². The molecule has 2 nitrogen and oxygen atoms in total. The van der Waals surface area contributed by atoms with Gasteiger partial charge in [0.05, 0.1) is 10.0 Å². The van der Waals surface area contributed by atoms with E-state index in [9.17, 15) is 10.2 Å². The van der Waals surface area contributed by atoms with Crippen LogP contribution in [-0.2, 0) is 5.41 Å². The van der Waals surface area contributed by atoms with Crippen LogP contribution in [-0.4, -0.2) is 10.2 Å². The summed E-state index contributed by atoms with van der Waals surface area (Å²) in [7, 11) is 0. The van der Waals surface area contributed by atoms with Gasteiger partial charge in [0, 0.05) is 5.41 Å². The molecule has 0 aromatic heterocycles. The third kappa shape index (κ3) is 3.50. The van der Waals surface area contributed by atoms with Crippen LogP contribution in [0.15, 0.2) is 24.3 Å². The fourth-order valence-corrected chi connectivity index (χ4v) is 5.50. The predicted octanol–water partition coefficient (Wildman–Crippen LogP) is 7.40. The molecule has 0 saturated heterocycles. The molecule has 2 unspecified atom stereocenters. The van der Waals surface area contributed by atoms with Gasteiger partial charge in [-0.2, -0.15) is 0 Å². The monoisotopic (exact) mass is 420 g/mol. The van der Waals surface area contributed by atoms with Gasteiger partial charge in [-0.3, -0.25) is 0 Å². The largest absolute Gasteiger partial charge is 0.506 e. The number of aryl methyl sites for hydroxylation is 2. The van der Waals surface area contributed by atoms with Gasteiger partial charge in [-0.15, -0.1) is 0 Å². The minimum Gasteiger partial charge on any atom is -0.506 e. The summed E-state index contributed by atoms with van der Waals surface area (Å²) in [6, 6.07) is 7.87. The molecule has 2 atom stereocenters. The van der Waals surface area contributed by atoms with Crippen molar-refractivity contribution in [3.63, 3.8) is 0 Å². The van der Waals surface area contributed by atoms with Crippen LogP contribution >= 0.6 is 23.2 Å². The van der Waals surface area contributed by atoms with Crippen LogP contribution in [0, 0.1) is 31.1 Å². The van der Waals surface area contributed by atoms with Crippen molar-refractivity contribution in [2.45, 2.75) is 59.8 Å². The molecule has 4 heteroatoms. The molecule has 0 heterocycles. The predicted molar refractivity (Wildman–Crippen MR) is 118 cm³/mol. The van der Waals surface area contributed by atoms with E-state index >= 15 is 0 Å². The van der Waals surface area contributed by atoms with Gasteiger partial charge in [0.15, 0.2) is 0 Å². The number of benzene rings is 2. The van der Waals surface area contributed by atoms with Crippen molar-refractivity contribution in [3.8, 4) is 11.5 Å². The van der Waals surface area contributed by atoms with E-state index in [1.54, 1.807) is 0 Å². The van der Waals surface area contributed by atoms with E-state index in [1.165, 1.54) is 0 Å². The lowest BCUT2D eigenvalue weighted by Gasteiger charge is -2.56. The lowest BCUT2D eigenvalue weighted by atomic mass is 9.47. The summed E-state index contributed by atoms with van der Waals surface area (Å²) in [4.78, 5) is 0. The second-order valence-electron chi connectivity index (χ2n) is 9.74. The minimum absolute atomic E-state index is 0.138. The number of aromatic hydroxyl groups is 2. The number of rotatable bonds is 3. The van der Waals surface area contributed by atoms with E-state index in [-0.39, 0.29) is 22.3 Å². The van der Waals surface area contributed by atoms with Crippen LogP contribution in [0.1, 0.15) is 62.8 Å². The van der Waals surface area contributed by atoms with Crippen LogP contribution in [0.5, 0.6) is 11.5 Å². The third-order valence-electron chi connectivity index (χ3n) is 6.48. The summed E-state index contributed by atoms with van der Waals surface area (Å²) in [5.74, 6) is 1.24. The SMILES string of the molecule is Cc1cc(C2(c3cc(C)c(O)c(Cl)c3)CC(CC(C)(C)C)C2C)cc(Cl)c1O. The Balaban J connectivity index is 2.17. The van der Waals surface area contributed by atoms with Crippen molar-refractivity contribution in [2.75, 3.05) is 0 Å². The van der Waals surface area contributed by atoms with Gasteiger partial charge in [0.25, 0.3) is 0 Å². The summed E-state index contributed by atoms with van der Waals surface area (Å²) in [5, 5.41) is 21.1. The Labute approximate surface area is 178 Å². The van der Waals surface area contributed by atoms with Crippen molar-refractivity contribution >= 4 is 23.2 Å². The number of hydrogen-bond donors (Lipinski definition) is 2. The molecule has 28 heavy (non-hydrogen) atoms. The zero-order chi connectivity index (χ0) is 21.0. The highest BCUT2D eigenvalue weighted by Crippen LogP contribution is 2.60. The molecule has 2 aromatic carbocycles. The third-order valence-corrected chi connectivity index (χ3v) is 7.06. The van der Waals surface area contributed by atoms with Gasteiger partial charge in [-0.05, 0) is 78.3 Å². The average molecular weight is 421 g/mol. The number of hydrogen-bond acceptors (Lipinski definition) is 2. The highest BCUT2D eigenvalue weighted by Gasteiger charge is 2.54. The normalized spacial score (nSPS) is 21.4. The summed E-state index contributed by atoms with van der Waals surface area (Å²) < 4.78 is 0. The zero-order valence-corrected chi connectivity index (χ0v) is 19.0. The van der Waals surface area contributed by atoms with Gasteiger partial charge >= 0.3 is 0 Å². The van der Waals surface area contributed by atoms with Crippen LogP contribution in [0.2, 0.25) is 10.0 Å². The highest BCUT2D eigenvalue weighted by atomic mass is 35.5. The quantitative estimate of drug-likeness (QED) is 0.542. The Hall–Kier alpha value is -1.38. The fraction of sp³-hybridized carbons (Fsp3) is 0.500. The van der Waals surface area contributed by atoms with Crippen LogP contribution < -0.4 is 0 Å². The lowest BCUT2D eigenvalue weighted by Crippen LogP contribution is -2.51. The van der Waals surface area contributed by atoms with E-state index in [1.807, 2.05) is 38.1 Å². The minimum atomic E-state index is -0.236. The maximum absolute atomic E-state index is 10.2. The van der Waals surface area contributed by atoms with E-state index in [0.717, 1.165) is 35.1 Å². The molecule has 0 spiro atoms. The molecule has 1 saturated carbocycles. The summed E-state index contributed by atoms with van der Waals surface area (Å²) in [6.45, 7) is 12.9. The molecule has 2 N–H and O–H groups in total. The Morgan fingerprint density at radius 3 is 1.68 bits per heavy atom. The van der Waals surface area contributed by atoms with Gasteiger partial charge in [0.2, 0.25) is 0 Å². The number of halogens is 2. The molecule has 0 aliphatic heterocycles. The Morgan fingerprint density at radius 1 is 0.929 bits per heavy atom. The summed E-state index contributed by atoms with van der Waals surface area (Å²) >= 11 is 12.7. The van der Waals surface area contributed by atoms with Crippen molar-refractivity contribution in [1.29, 1.82) is 0 Å². The molecule has 1 aliphatic carbocycles. The zero-order valence-electron chi connectivity index (χ0n) is 17.5. The molecule has 0 bridgehead atoms. The molecule has 1 aliphatic rings. The van der Waals surface area contributed by atoms with E-state index in [4.69, 9.17) is 23.2 Å². The molecule has 0 radical (unpaired) electrons. The molecule has 0 amide bonds. The Kier molecular flexibility index (Phi) is 5.44. The Morgan fingerprint density at radius 2 is 1.36 bits per heavy atom. The standard InChI is InChI=1S/C24H30Cl2O2/c1-13-7-17(9-19(25)21(13)27)24(12-16(15(24)3)11-23(4,5)6)18-8-14(2)22(28)20(26)10-18/h7-10,15-16,27-28H,11-12H2,1-6H3. The molecular formula is C24H30Cl2O2. The van der Waals surface area contributed by atoms with Crippen molar-refractivity contribution in [2.24, 2.45) is 17.3 Å². The van der Waals surface area contributed by atoms with Crippen molar-refractivity contribution in [3.05, 3.63) is 56.6 Å². The van der Waals surface area contributed by atoms with Crippen LogP contribution in [0.3, 0.4) is 0 Å². The van der Waals surface area contributed by atoms with Crippen LogP contribution in [0.4, 0.5) is 0 Å².